The van der Waals surface area contributed by atoms with Crippen LogP contribution >= 0.6 is 0 Å². The lowest BCUT2D eigenvalue weighted by Crippen LogP contribution is -2.46. The van der Waals surface area contributed by atoms with Gasteiger partial charge in [-0.1, -0.05) is 42.5 Å². The summed E-state index contributed by atoms with van der Waals surface area (Å²) in [5.74, 6) is -0.116. The first kappa shape index (κ1) is 11.0. The normalized spacial score (nSPS) is 27.7. The third-order valence-corrected chi connectivity index (χ3v) is 4.54. The number of anilines is 1. The molecule has 1 aliphatic heterocycles. The van der Waals surface area contributed by atoms with Crippen LogP contribution in [0, 0.1) is 0 Å². The molecule has 2 heteroatoms. The number of alkyl halides is 1. The number of rotatable bonds is 0. The van der Waals surface area contributed by atoms with E-state index in [0.29, 0.717) is 13.0 Å². The van der Waals surface area contributed by atoms with Crippen molar-refractivity contribution in [3.63, 3.8) is 0 Å². The average molecular weight is 253 g/mol. The lowest BCUT2D eigenvalue weighted by atomic mass is 9.68. The van der Waals surface area contributed by atoms with Crippen molar-refractivity contribution in [2.24, 2.45) is 0 Å². The molecule has 0 bridgehead atoms. The van der Waals surface area contributed by atoms with Gasteiger partial charge in [-0.15, -0.1) is 0 Å². The molecule has 0 spiro atoms. The van der Waals surface area contributed by atoms with Gasteiger partial charge in [0.1, 0.15) is 5.67 Å². The Balaban J connectivity index is 1.96. The number of hydrogen-bond donors (Lipinski definition) is 1. The molecule has 1 N–H and O–H groups in total. The lowest BCUT2D eigenvalue weighted by molar-refractivity contribution is 0.129. The van der Waals surface area contributed by atoms with E-state index in [2.05, 4.69) is 29.6 Å². The minimum Gasteiger partial charge on any atom is -0.382 e. The Kier molecular flexibility index (Phi) is 2.22. The van der Waals surface area contributed by atoms with Crippen LogP contribution in [0.2, 0.25) is 0 Å². The molecule has 0 fully saturated rings. The Morgan fingerprint density at radius 1 is 1.00 bits per heavy atom. The van der Waals surface area contributed by atoms with Gasteiger partial charge in [0.2, 0.25) is 0 Å². The smallest absolute Gasteiger partial charge is 0.139 e. The van der Waals surface area contributed by atoms with Gasteiger partial charge >= 0.3 is 0 Å². The molecule has 0 saturated heterocycles. The van der Waals surface area contributed by atoms with Crippen LogP contribution in [-0.2, 0) is 6.42 Å². The zero-order chi connectivity index (χ0) is 12.9. The molecule has 0 aromatic heterocycles. The van der Waals surface area contributed by atoms with Crippen molar-refractivity contribution in [2.45, 2.75) is 24.4 Å². The summed E-state index contributed by atoms with van der Waals surface area (Å²) in [6.45, 7) is 0.420. The highest BCUT2D eigenvalue weighted by Gasteiger charge is 2.47. The van der Waals surface area contributed by atoms with Crippen molar-refractivity contribution < 1.29 is 4.39 Å². The molecule has 1 nitrogen and oxygen atoms in total. The maximum absolute atomic E-state index is 15.3. The van der Waals surface area contributed by atoms with Gasteiger partial charge in [-0.2, -0.15) is 0 Å². The predicted molar refractivity (Wildman–Crippen MR) is 75.4 cm³/mol. The zero-order valence-corrected chi connectivity index (χ0v) is 10.7. The van der Waals surface area contributed by atoms with Crippen molar-refractivity contribution in [3.05, 3.63) is 65.2 Å². The second-order valence-corrected chi connectivity index (χ2v) is 5.61. The van der Waals surface area contributed by atoms with Crippen LogP contribution in [0.4, 0.5) is 10.1 Å². The van der Waals surface area contributed by atoms with Gasteiger partial charge in [0, 0.05) is 18.2 Å². The molecule has 0 radical (unpaired) electrons. The van der Waals surface area contributed by atoms with E-state index >= 15 is 4.39 Å². The van der Waals surface area contributed by atoms with Crippen LogP contribution in [0.15, 0.2) is 48.5 Å². The first-order chi connectivity index (χ1) is 9.28. The summed E-state index contributed by atoms with van der Waals surface area (Å²) < 4.78 is 15.3. The van der Waals surface area contributed by atoms with Gasteiger partial charge in [0.05, 0.1) is 0 Å². The van der Waals surface area contributed by atoms with E-state index in [1.165, 1.54) is 11.1 Å². The number of benzene rings is 2. The predicted octanol–water partition coefficient (Wildman–Crippen LogP) is 3.90. The number of aryl methyl sites for hydroxylation is 1. The van der Waals surface area contributed by atoms with E-state index in [-0.39, 0.29) is 5.92 Å². The van der Waals surface area contributed by atoms with Crippen molar-refractivity contribution in [1.29, 1.82) is 0 Å². The molecule has 96 valence electrons. The molecular weight excluding hydrogens is 237 g/mol. The molecule has 4 rings (SSSR count). The number of halogens is 1. The SMILES string of the molecule is FC12CCc3ccccc3C1c1ccccc1NC2. The third kappa shape index (κ3) is 1.52. The summed E-state index contributed by atoms with van der Waals surface area (Å²) in [4.78, 5) is 0. The minimum absolute atomic E-state index is 0.116. The fraction of sp³-hybridized carbons (Fsp3) is 0.294. The van der Waals surface area contributed by atoms with E-state index in [1.54, 1.807) is 0 Å². The number of para-hydroxylation sites is 1. The monoisotopic (exact) mass is 253 g/mol. The fourth-order valence-electron chi connectivity index (χ4n) is 3.60. The summed E-state index contributed by atoms with van der Waals surface area (Å²) in [7, 11) is 0. The van der Waals surface area contributed by atoms with E-state index < -0.39 is 5.67 Å². The molecule has 0 amide bonds. The van der Waals surface area contributed by atoms with Crippen LogP contribution in [0.1, 0.15) is 29.0 Å². The highest BCUT2D eigenvalue weighted by molar-refractivity contribution is 5.61. The Hall–Kier alpha value is -1.83. The summed E-state index contributed by atoms with van der Waals surface area (Å²) >= 11 is 0. The van der Waals surface area contributed by atoms with Gasteiger partial charge in [-0.3, -0.25) is 0 Å². The topological polar surface area (TPSA) is 12.0 Å². The van der Waals surface area contributed by atoms with Gasteiger partial charge in [0.25, 0.3) is 0 Å². The summed E-state index contributed by atoms with van der Waals surface area (Å²) in [6, 6.07) is 16.4. The van der Waals surface area contributed by atoms with Crippen molar-refractivity contribution >= 4 is 5.69 Å². The molecule has 2 atom stereocenters. The van der Waals surface area contributed by atoms with Crippen LogP contribution in [0.5, 0.6) is 0 Å². The largest absolute Gasteiger partial charge is 0.382 e. The zero-order valence-electron chi connectivity index (χ0n) is 10.7. The Morgan fingerprint density at radius 3 is 2.63 bits per heavy atom. The van der Waals surface area contributed by atoms with Crippen LogP contribution in [0.25, 0.3) is 0 Å². The maximum Gasteiger partial charge on any atom is 0.139 e. The molecule has 19 heavy (non-hydrogen) atoms. The fourth-order valence-corrected chi connectivity index (χ4v) is 3.60. The van der Waals surface area contributed by atoms with Gasteiger partial charge in [0.15, 0.2) is 0 Å². The van der Waals surface area contributed by atoms with E-state index in [0.717, 1.165) is 17.7 Å². The van der Waals surface area contributed by atoms with Gasteiger partial charge < -0.3 is 5.32 Å². The van der Waals surface area contributed by atoms with Crippen LogP contribution < -0.4 is 5.32 Å². The van der Waals surface area contributed by atoms with Gasteiger partial charge in [-0.05, 0) is 35.6 Å². The molecule has 0 saturated carbocycles. The third-order valence-electron chi connectivity index (χ3n) is 4.54. The Labute approximate surface area is 112 Å². The van der Waals surface area contributed by atoms with E-state index in [1.807, 2.05) is 24.3 Å². The molecule has 2 unspecified atom stereocenters. The second kappa shape index (κ2) is 3.83. The van der Waals surface area contributed by atoms with Crippen LogP contribution in [0.3, 0.4) is 0 Å². The van der Waals surface area contributed by atoms with E-state index in [9.17, 15) is 0 Å². The van der Waals surface area contributed by atoms with E-state index in [4.69, 9.17) is 0 Å². The molecule has 2 aromatic rings. The second-order valence-electron chi connectivity index (χ2n) is 5.61. The average Bonchev–Trinajstić information content (AvgIpc) is 2.46. The molecule has 2 aromatic carbocycles. The van der Waals surface area contributed by atoms with Gasteiger partial charge in [-0.25, -0.2) is 4.39 Å². The number of fused-ring (bicyclic) bond motifs is 5. The van der Waals surface area contributed by atoms with Crippen LogP contribution in [-0.4, -0.2) is 12.2 Å². The highest BCUT2D eigenvalue weighted by Crippen LogP contribution is 2.50. The molecule has 1 heterocycles. The maximum atomic E-state index is 15.3. The minimum atomic E-state index is -1.15. The van der Waals surface area contributed by atoms with Crippen molar-refractivity contribution in [1.82, 2.24) is 0 Å². The lowest BCUT2D eigenvalue weighted by Gasteiger charge is -2.43. The summed E-state index contributed by atoms with van der Waals surface area (Å²) in [5.41, 5.74) is 3.51. The number of nitrogens with one attached hydrogen (secondary N) is 1. The molecule has 1 aliphatic carbocycles. The standard InChI is InChI=1S/C17H16FN/c18-17-10-9-12-5-1-2-6-13(12)16(17)14-7-3-4-8-15(14)19-11-17/h1-8,16,19H,9-11H2. The van der Waals surface area contributed by atoms with Crippen molar-refractivity contribution in [3.8, 4) is 0 Å². The molecular formula is C17H16FN. The quantitative estimate of drug-likeness (QED) is 0.751. The summed E-state index contributed by atoms with van der Waals surface area (Å²) in [6.07, 6.45) is 1.45. The van der Waals surface area contributed by atoms with Crippen molar-refractivity contribution in [2.75, 3.05) is 11.9 Å². The Bertz CT molecular complexity index is 583. The summed E-state index contributed by atoms with van der Waals surface area (Å²) in [5, 5.41) is 3.26. The first-order valence-corrected chi connectivity index (χ1v) is 6.87. The molecule has 2 aliphatic rings. The first-order valence-electron chi connectivity index (χ1n) is 6.87. The number of hydrogen-bond acceptors (Lipinski definition) is 1. The Morgan fingerprint density at radius 2 is 1.74 bits per heavy atom. The highest BCUT2D eigenvalue weighted by atomic mass is 19.1.